The van der Waals surface area contributed by atoms with Crippen LogP contribution in [0.5, 0.6) is 0 Å². The van der Waals surface area contributed by atoms with Gasteiger partial charge >= 0.3 is 0 Å². The van der Waals surface area contributed by atoms with Crippen LogP contribution in [0.1, 0.15) is 39.9 Å². The van der Waals surface area contributed by atoms with Crippen molar-refractivity contribution in [2.45, 2.75) is 19.8 Å². The first-order valence-corrected chi connectivity index (χ1v) is 9.12. The third kappa shape index (κ3) is 5.28. The number of aryl methyl sites for hydroxylation is 1. The molecule has 0 spiro atoms. The highest BCUT2D eigenvalue weighted by molar-refractivity contribution is 5.96. The Hall–Kier alpha value is -2.97. The Kier molecular flexibility index (Phi) is 7.48. The molecule has 28 heavy (non-hydrogen) atoms. The Bertz CT molecular complexity index is 924. The zero-order chi connectivity index (χ0) is 19.2. The van der Waals surface area contributed by atoms with Crippen LogP contribution in [0.2, 0.25) is 0 Å². The zero-order valence-electron chi connectivity index (χ0n) is 15.9. The van der Waals surface area contributed by atoms with E-state index in [1.807, 2.05) is 48.2 Å². The molecule has 0 bridgehead atoms. The third-order valence-electron chi connectivity index (χ3n) is 4.64. The first-order valence-electron chi connectivity index (χ1n) is 9.12. The number of nitrogens with zero attached hydrogens (tertiary/aromatic N) is 1. The lowest BCUT2D eigenvalue weighted by atomic mass is 10.0. The Morgan fingerprint density at radius 1 is 1.21 bits per heavy atom. The molecular formula is C22H25ClN4O. The van der Waals surface area contributed by atoms with E-state index in [2.05, 4.69) is 17.2 Å². The number of amides is 1. The smallest absolute Gasteiger partial charge is 0.254 e. The molecule has 1 amide bonds. The van der Waals surface area contributed by atoms with Crippen LogP contribution in [0.15, 0.2) is 42.5 Å². The van der Waals surface area contributed by atoms with Crippen molar-refractivity contribution in [2.75, 3.05) is 25.0 Å². The molecule has 1 aliphatic heterocycles. The highest BCUT2D eigenvalue weighted by Gasteiger charge is 2.20. The van der Waals surface area contributed by atoms with Crippen LogP contribution in [0.3, 0.4) is 0 Å². The van der Waals surface area contributed by atoms with Crippen LogP contribution in [0.25, 0.3) is 0 Å². The van der Waals surface area contributed by atoms with Crippen molar-refractivity contribution in [2.24, 2.45) is 5.73 Å². The van der Waals surface area contributed by atoms with Gasteiger partial charge in [0.15, 0.2) is 0 Å². The lowest BCUT2D eigenvalue weighted by Crippen LogP contribution is -2.28. The number of hydrogen-bond acceptors (Lipinski definition) is 3. The summed E-state index contributed by atoms with van der Waals surface area (Å²) < 4.78 is 0. The van der Waals surface area contributed by atoms with Gasteiger partial charge in [0, 0.05) is 35.5 Å². The van der Waals surface area contributed by atoms with Gasteiger partial charge in [-0.1, -0.05) is 24.0 Å². The van der Waals surface area contributed by atoms with Gasteiger partial charge in [0.25, 0.3) is 5.91 Å². The maximum atomic E-state index is 12.5. The van der Waals surface area contributed by atoms with Gasteiger partial charge in [-0.25, -0.2) is 0 Å². The quantitative estimate of drug-likeness (QED) is 0.421. The van der Waals surface area contributed by atoms with E-state index in [9.17, 15) is 4.79 Å². The SMILES string of the molecule is Cc1cc(C#CCNc2cccc(C(=N)N)c2)ccc1C(=O)N1CCCC1.Cl. The van der Waals surface area contributed by atoms with Crippen molar-refractivity contribution in [3.05, 3.63) is 64.7 Å². The molecular weight excluding hydrogens is 372 g/mol. The maximum absolute atomic E-state index is 12.5. The van der Waals surface area contributed by atoms with Crippen molar-refractivity contribution in [1.29, 1.82) is 5.41 Å². The fourth-order valence-electron chi connectivity index (χ4n) is 3.16. The largest absolute Gasteiger partial charge is 0.384 e. The molecule has 0 aliphatic carbocycles. The van der Waals surface area contributed by atoms with Gasteiger partial charge in [-0.3, -0.25) is 10.2 Å². The number of carbonyl (C=O) groups is 1. The van der Waals surface area contributed by atoms with Crippen LogP contribution in [0.4, 0.5) is 5.69 Å². The second-order valence-electron chi connectivity index (χ2n) is 6.68. The summed E-state index contributed by atoms with van der Waals surface area (Å²) in [6.45, 7) is 4.15. The predicted molar refractivity (Wildman–Crippen MR) is 116 cm³/mol. The lowest BCUT2D eigenvalue weighted by Gasteiger charge is -2.16. The zero-order valence-corrected chi connectivity index (χ0v) is 16.7. The standard InChI is InChI=1S/C22H24N4O.ClH/c1-16-14-17(9-10-20(16)22(27)26-12-2-3-13-26)6-5-11-25-19-8-4-7-18(15-19)21(23)24;/h4,7-10,14-15,25H,2-3,11-13H2,1H3,(H3,23,24);1H. The molecule has 5 nitrogen and oxygen atoms in total. The fraction of sp³-hybridized carbons (Fsp3) is 0.273. The molecule has 0 saturated carbocycles. The van der Waals surface area contributed by atoms with E-state index < -0.39 is 0 Å². The number of amidine groups is 1. The lowest BCUT2D eigenvalue weighted by molar-refractivity contribution is 0.0792. The van der Waals surface area contributed by atoms with E-state index in [4.69, 9.17) is 11.1 Å². The average Bonchev–Trinajstić information content (AvgIpc) is 3.20. The molecule has 4 N–H and O–H groups in total. The number of nitrogen functional groups attached to an aromatic ring is 1. The Labute approximate surface area is 172 Å². The number of nitrogens with two attached hydrogens (primary N) is 1. The van der Waals surface area contributed by atoms with Crippen molar-refractivity contribution >= 4 is 29.8 Å². The topological polar surface area (TPSA) is 82.2 Å². The van der Waals surface area contributed by atoms with E-state index in [-0.39, 0.29) is 24.1 Å². The van der Waals surface area contributed by atoms with Crippen molar-refractivity contribution in [3.63, 3.8) is 0 Å². The summed E-state index contributed by atoms with van der Waals surface area (Å²) in [6, 6.07) is 13.1. The predicted octanol–water partition coefficient (Wildman–Crippen LogP) is 3.40. The highest BCUT2D eigenvalue weighted by atomic mass is 35.5. The maximum Gasteiger partial charge on any atom is 0.254 e. The first-order chi connectivity index (χ1) is 13.0. The molecule has 1 aliphatic rings. The molecule has 146 valence electrons. The van der Waals surface area contributed by atoms with Crippen LogP contribution in [-0.4, -0.2) is 36.3 Å². The van der Waals surface area contributed by atoms with Crippen molar-refractivity contribution < 1.29 is 4.79 Å². The monoisotopic (exact) mass is 396 g/mol. The van der Waals surface area contributed by atoms with Gasteiger partial charge in [-0.2, -0.15) is 0 Å². The number of hydrogen-bond donors (Lipinski definition) is 3. The summed E-state index contributed by atoms with van der Waals surface area (Å²) in [5, 5.41) is 10.7. The third-order valence-corrected chi connectivity index (χ3v) is 4.64. The van der Waals surface area contributed by atoms with E-state index in [0.29, 0.717) is 12.1 Å². The fourth-order valence-corrected chi connectivity index (χ4v) is 3.16. The number of likely N-dealkylation sites (tertiary alicyclic amines) is 1. The normalized spacial score (nSPS) is 12.5. The molecule has 1 fully saturated rings. The molecule has 2 aromatic rings. The number of nitrogens with one attached hydrogen (secondary N) is 2. The number of halogens is 1. The van der Waals surface area contributed by atoms with Crippen LogP contribution < -0.4 is 11.1 Å². The highest BCUT2D eigenvalue weighted by Crippen LogP contribution is 2.17. The minimum atomic E-state index is 0. The minimum Gasteiger partial charge on any atom is -0.384 e. The van der Waals surface area contributed by atoms with Gasteiger partial charge in [-0.15, -0.1) is 12.4 Å². The molecule has 1 saturated heterocycles. The number of benzene rings is 2. The molecule has 0 aromatic heterocycles. The van der Waals surface area contributed by atoms with Crippen molar-refractivity contribution in [1.82, 2.24) is 4.90 Å². The molecule has 1 heterocycles. The second-order valence-corrected chi connectivity index (χ2v) is 6.68. The summed E-state index contributed by atoms with van der Waals surface area (Å²) >= 11 is 0. The first kappa shape index (κ1) is 21.3. The molecule has 0 unspecified atom stereocenters. The number of carbonyl (C=O) groups excluding carboxylic acids is 1. The summed E-state index contributed by atoms with van der Waals surface area (Å²) in [5.41, 5.74) is 9.68. The van der Waals surface area contributed by atoms with E-state index >= 15 is 0 Å². The van der Waals surface area contributed by atoms with Crippen molar-refractivity contribution in [3.8, 4) is 11.8 Å². The van der Waals surface area contributed by atoms with Gasteiger partial charge in [-0.05, 0) is 55.7 Å². The molecule has 6 heteroatoms. The summed E-state index contributed by atoms with van der Waals surface area (Å²) in [6.07, 6.45) is 2.19. The van der Waals surface area contributed by atoms with Crippen LogP contribution >= 0.6 is 12.4 Å². The minimum absolute atomic E-state index is 0. The average molecular weight is 397 g/mol. The van der Waals surface area contributed by atoms with E-state index in [1.165, 1.54) is 0 Å². The Morgan fingerprint density at radius 2 is 1.96 bits per heavy atom. The van der Waals surface area contributed by atoms with Crippen LogP contribution in [-0.2, 0) is 0 Å². The van der Waals surface area contributed by atoms with Gasteiger partial charge in [0.05, 0.1) is 6.54 Å². The molecule has 0 atom stereocenters. The van der Waals surface area contributed by atoms with Gasteiger partial charge in [0.1, 0.15) is 5.84 Å². The molecule has 3 rings (SSSR count). The number of rotatable bonds is 4. The molecule has 2 aromatic carbocycles. The summed E-state index contributed by atoms with van der Waals surface area (Å²) in [5.74, 6) is 6.38. The van der Waals surface area contributed by atoms with E-state index in [1.54, 1.807) is 6.07 Å². The summed E-state index contributed by atoms with van der Waals surface area (Å²) in [4.78, 5) is 14.5. The number of anilines is 1. The Morgan fingerprint density at radius 3 is 2.64 bits per heavy atom. The van der Waals surface area contributed by atoms with E-state index in [0.717, 1.165) is 48.3 Å². The summed E-state index contributed by atoms with van der Waals surface area (Å²) in [7, 11) is 0. The van der Waals surface area contributed by atoms with Gasteiger partial charge in [0.2, 0.25) is 0 Å². The van der Waals surface area contributed by atoms with Gasteiger partial charge < -0.3 is 16.0 Å². The van der Waals surface area contributed by atoms with Crippen LogP contribution in [0, 0.1) is 24.2 Å². The Balaban J connectivity index is 0.00000280. The second kappa shape index (κ2) is 9.82. The molecule has 0 radical (unpaired) electrons.